The van der Waals surface area contributed by atoms with Gasteiger partial charge >= 0.3 is 0 Å². The van der Waals surface area contributed by atoms with E-state index < -0.39 is 0 Å². The third-order valence-corrected chi connectivity index (χ3v) is 3.44. The fourth-order valence-electron chi connectivity index (χ4n) is 2.62. The second-order valence-corrected chi connectivity index (χ2v) is 4.73. The first-order chi connectivity index (χ1) is 8.25. The molecule has 0 bridgehead atoms. The summed E-state index contributed by atoms with van der Waals surface area (Å²) >= 11 is 0. The molecule has 2 N–H and O–H groups in total. The van der Waals surface area contributed by atoms with Gasteiger partial charge in [-0.1, -0.05) is 30.3 Å². The van der Waals surface area contributed by atoms with E-state index in [1.54, 1.807) is 0 Å². The third-order valence-electron chi connectivity index (χ3n) is 3.44. The highest BCUT2D eigenvalue weighted by atomic mass is 15.1. The zero-order chi connectivity index (χ0) is 11.8. The molecule has 0 saturated heterocycles. The summed E-state index contributed by atoms with van der Waals surface area (Å²) in [6, 6.07) is 10.7. The van der Waals surface area contributed by atoms with E-state index in [1.807, 2.05) is 6.07 Å². The van der Waals surface area contributed by atoms with E-state index in [2.05, 4.69) is 40.7 Å². The smallest absolute Gasteiger partial charge is 0.111 e. The van der Waals surface area contributed by atoms with Crippen LogP contribution < -0.4 is 5.73 Å². The van der Waals surface area contributed by atoms with E-state index in [-0.39, 0.29) is 6.04 Å². The highest BCUT2D eigenvalue weighted by Gasteiger charge is 2.21. The number of hydrogen-bond acceptors (Lipinski definition) is 2. The summed E-state index contributed by atoms with van der Waals surface area (Å²) in [6.07, 6.45) is 1.94. The number of benzene rings is 1. The van der Waals surface area contributed by atoms with Gasteiger partial charge in [0.25, 0.3) is 0 Å². The summed E-state index contributed by atoms with van der Waals surface area (Å²) in [5.41, 5.74) is 9.61. The van der Waals surface area contributed by atoms with Gasteiger partial charge in [-0.2, -0.15) is 0 Å². The van der Waals surface area contributed by atoms with Crippen LogP contribution >= 0.6 is 0 Å². The number of imidazole rings is 1. The molecule has 17 heavy (non-hydrogen) atoms. The summed E-state index contributed by atoms with van der Waals surface area (Å²) in [5, 5.41) is 0. The van der Waals surface area contributed by atoms with E-state index >= 15 is 0 Å². The highest BCUT2D eigenvalue weighted by molar-refractivity contribution is 5.62. The van der Waals surface area contributed by atoms with Gasteiger partial charge in [0.15, 0.2) is 0 Å². The third kappa shape index (κ3) is 1.76. The van der Waals surface area contributed by atoms with Crippen LogP contribution in [0.2, 0.25) is 0 Å². The molecular formula is C14H17N3. The minimum Gasteiger partial charge on any atom is -0.328 e. The van der Waals surface area contributed by atoms with Crippen LogP contribution in [-0.4, -0.2) is 15.6 Å². The summed E-state index contributed by atoms with van der Waals surface area (Å²) in [7, 11) is 0. The fraction of sp³-hybridized carbons (Fsp3) is 0.357. The number of nitrogens with two attached hydrogens (primary N) is 1. The Morgan fingerprint density at radius 2 is 2.06 bits per heavy atom. The average Bonchev–Trinajstić information content (AvgIpc) is 2.65. The number of rotatable bonds is 1. The molecule has 0 aliphatic carbocycles. The minimum atomic E-state index is 0.271. The Balaban J connectivity index is 2.12. The lowest BCUT2D eigenvalue weighted by Crippen LogP contribution is -2.31. The average molecular weight is 227 g/mol. The van der Waals surface area contributed by atoms with Crippen molar-refractivity contribution in [3.63, 3.8) is 0 Å². The first-order valence-electron chi connectivity index (χ1n) is 6.12. The largest absolute Gasteiger partial charge is 0.328 e. The summed E-state index contributed by atoms with van der Waals surface area (Å²) in [4.78, 5) is 4.66. The molecule has 1 unspecified atom stereocenters. The van der Waals surface area contributed by atoms with E-state index in [1.165, 1.54) is 11.3 Å². The van der Waals surface area contributed by atoms with Gasteiger partial charge in [-0.05, 0) is 13.3 Å². The fourth-order valence-corrected chi connectivity index (χ4v) is 2.62. The van der Waals surface area contributed by atoms with Crippen LogP contribution in [0, 0.1) is 6.92 Å². The number of hydrogen-bond donors (Lipinski definition) is 1. The topological polar surface area (TPSA) is 43.8 Å². The number of fused-ring (bicyclic) bond motifs is 1. The monoisotopic (exact) mass is 227 g/mol. The summed E-state index contributed by atoms with van der Waals surface area (Å²) < 4.78 is 2.33. The van der Waals surface area contributed by atoms with Crippen LogP contribution in [0.1, 0.15) is 17.9 Å². The molecule has 2 heterocycles. The Bertz CT molecular complexity index is 528. The Labute approximate surface area is 101 Å². The Morgan fingerprint density at radius 3 is 2.82 bits per heavy atom. The van der Waals surface area contributed by atoms with Gasteiger partial charge < -0.3 is 10.3 Å². The molecule has 0 saturated carbocycles. The van der Waals surface area contributed by atoms with Crippen molar-refractivity contribution in [1.82, 2.24) is 9.55 Å². The van der Waals surface area contributed by atoms with Crippen molar-refractivity contribution in [2.45, 2.75) is 32.4 Å². The lowest BCUT2D eigenvalue weighted by molar-refractivity contribution is 0.466. The molecule has 1 atom stereocenters. The molecule has 1 aliphatic heterocycles. The molecular weight excluding hydrogens is 210 g/mol. The lowest BCUT2D eigenvalue weighted by atomic mass is 10.1. The van der Waals surface area contributed by atoms with Crippen LogP contribution in [0.25, 0.3) is 11.3 Å². The molecule has 1 aromatic heterocycles. The second kappa shape index (κ2) is 4.00. The molecule has 1 aliphatic rings. The summed E-state index contributed by atoms with van der Waals surface area (Å²) in [5.74, 6) is 1.14. The Morgan fingerprint density at radius 1 is 1.29 bits per heavy atom. The van der Waals surface area contributed by atoms with Crippen LogP contribution in [-0.2, 0) is 13.0 Å². The molecule has 0 amide bonds. The Hall–Kier alpha value is -1.61. The van der Waals surface area contributed by atoms with Gasteiger partial charge in [0.2, 0.25) is 0 Å². The van der Waals surface area contributed by atoms with E-state index in [9.17, 15) is 0 Å². The maximum atomic E-state index is 5.99. The Kier molecular flexibility index (Phi) is 2.48. The minimum absolute atomic E-state index is 0.271. The van der Waals surface area contributed by atoms with Crippen molar-refractivity contribution in [2.24, 2.45) is 5.73 Å². The molecule has 88 valence electrons. The maximum absolute atomic E-state index is 5.99. The molecule has 0 radical (unpaired) electrons. The standard InChI is InChI=1S/C14H17N3/c1-10-14(11-5-3-2-4-6-11)17-8-7-12(15)9-13(17)16-10/h2-6,12H,7-9,15H2,1H3. The van der Waals surface area contributed by atoms with E-state index in [0.717, 1.165) is 30.9 Å². The lowest BCUT2D eigenvalue weighted by Gasteiger charge is -2.21. The van der Waals surface area contributed by atoms with Crippen LogP contribution in [0.5, 0.6) is 0 Å². The molecule has 3 rings (SSSR count). The van der Waals surface area contributed by atoms with Crippen LogP contribution in [0.3, 0.4) is 0 Å². The zero-order valence-electron chi connectivity index (χ0n) is 10.1. The number of aryl methyl sites for hydroxylation is 1. The van der Waals surface area contributed by atoms with Crippen molar-refractivity contribution < 1.29 is 0 Å². The van der Waals surface area contributed by atoms with Crippen molar-refractivity contribution in [1.29, 1.82) is 0 Å². The van der Waals surface area contributed by atoms with Gasteiger partial charge in [0.1, 0.15) is 5.82 Å². The van der Waals surface area contributed by atoms with Gasteiger partial charge in [-0.25, -0.2) is 4.98 Å². The zero-order valence-corrected chi connectivity index (χ0v) is 10.1. The van der Waals surface area contributed by atoms with Crippen LogP contribution in [0.15, 0.2) is 30.3 Å². The predicted molar refractivity (Wildman–Crippen MR) is 68.7 cm³/mol. The molecule has 0 spiro atoms. The quantitative estimate of drug-likeness (QED) is 0.811. The van der Waals surface area contributed by atoms with Crippen molar-refractivity contribution in [3.8, 4) is 11.3 Å². The SMILES string of the molecule is Cc1nc2n(c1-c1ccccc1)CCC(N)C2. The van der Waals surface area contributed by atoms with Gasteiger partial charge in [0, 0.05) is 24.6 Å². The van der Waals surface area contributed by atoms with Gasteiger partial charge in [-0.15, -0.1) is 0 Å². The molecule has 3 nitrogen and oxygen atoms in total. The van der Waals surface area contributed by atoms with E-state index in [4.69, 9.17) is 5.73 Å². The maximum Gasteiger partial charge on any atom is 0.111 e. The number of nitrogens with zero attached hydrogens (tertiary/aromatic N) is 2. The van der Waals surface area contributed by atoms with Crippen molar-refractivity contribution in [3.05, 3.63) is 41.9 Å². The predicted octanol–water partition coefficient (Wildman–Crippen LogP) is 2.13. The van der Waals surface area contributed by atoms with Gasteiger partial charge in [-0.3, -0.25) is 0 Å². The molecule has 2 aromatic rings. The van der Waals surface area contributed by atoms with Crippen LogP contribution in [0.4, 0.5) is 0 Å². The first-order valence-corrected chi connectivity index (χ1v) is 6.12. The van der Waals surface area contributed by atoms with E-state index in [0.29, 0.717) is 0 Å². The van der Waals surface area contributed by atoms with Crippen molar-refractivity contribution >= 4 is 0 Å². The second-order valence-electron chi connectivity index (χ2n) is 4.73. The normalized spacial score (nSPS) is 19.1. The van der Waals surface area contributed by atoms with Crippen molar-refractivity contribution in [2.75, 3.05) is 0 Å². The summed E-state index contributed by atoms with van der Waals surface area (Å²) in [6.45, 7) is 3.07. The van der Waals surface area contributed by atoms with Gasteiger partial charge in [0.05, 0.1) is 11.4 Å². The first kappa shape index (κ1) is 10.5. The molecule has 1 aromatic carbocycles. The highest BCUT2D eigenvalue weighted by Crippen LogP contribution is 2.27. The molecule has 3 heteroatoms. The number of aromatic nitrogens is 2. The molecule has 0 fully saturated rings.